The Hall–Kier alpha value is -3.46. The number of amides is 1. The van der Waals surface area contributed by atoms with Crippen LogP contribution in [0.25, 0.3) is 17.2 Å². The molecule has 0 saturated carbocycles. The smallest absolute Gasteiger partial charge is 0.265 e. The molecule has 1 aliphatic heterocycles. The Labute approximate surface area is 217 Å². The van der Waals surface area contributed by atoms with E-state index in [1.165, 1.54) is 23.2 Å². The number of hydrogen-bond donors (Lipinski definition) is 2. The second kappa shape index (κ2) is 11.7. The third-order valence-electron chi connectivity index (χ3n) is 6.75. The number of hydrogen-bond acceptors (Lipinski definition) is 6. The standard InChI is InChI=1S/C29H31NO6S/c1-2-22-8-10-24(11-9-22)25-7-3-5-23(21-25)6-4-18-36-26-12-14-27(15-13-26)37(33,34)29(28(31)30-32)16-19-35-20-17-29/h2-3,5,7-15,21,32H,1,4,6,16-20H2,(H,30,31). The first-order valence-corrected chi connectivity index (χ1v) is 13.7. The molecule has 4 rings (SSSR count). The van der Waals surface area contributed by atoms with Crippen LogP contribution in [-0.4, -0.2) is 44.1 Å². The third kappa shape index (κ3) is 5.77. The molecule has 0 aromatic heterocycles. The molecule has 0 spiro atoms. The fraction of sp³-hybridized carbons (Fsp3) is 0.276. The molecule has 0 bridgehead atoms. The largest absolute Gasteiger partial charge is 0.494 e. The second-order valence-corrected chi connectivity index (χ2v) is 11.3. The number of ether oxygens (including phenoxy) is 2. The van der Waals surface area contributed by atoms with Crippen LogP contribution in [0.4, 0.5) is 0 Å². The van der Waals surface area contributed by atoms with Crippen molar-refractivity contribution in [3.63, 3.8) is 0 Å². The molecule has 0 unspecified atom stereocenters. The molecular weight excluding hydrogens is 490 g/mol. The maximum absolute atomic E-state index is 13.3. The number of carbonyl (C=O) groups excluding carboxylic acids is 1. The lowest BCUT2D eigenvalue weighted by Gasteiger charge is -2.34. The summed E-state index contributed by atoms with van der Waals surface area (Å²) in [6, 6.07) is 22.7. The summed E-state index contributed by atoms with van der Waals surface area (Å²) in [7, 11) is -4.06. The normalized spacial score (nSPS) is 15.1. The molecule has 2 N–H and O–H groups in total. The van der Waals surface area contributed by atoms with Gasteiger partial charge in [0.25, 0.3) is 5.91 Å². The van der Waals surface area contributed by atoms with Crippen molar-refractivity contribution in [2.75, 3.05) is 19.8 Å². The van der Waals surface area contributed by atoms with Gasteiger partial charge in [-0.25, -0.2) is 13.9 Å². The first-order chi connectivity index (χ1) is 17.9. The van der Waals surface area contributed by atoms with E-state index in [2.05, 4.69) is 36.9 Å². The van der Waals surface area contributed by atoms with Crippen molar-refractivity contribution in [1.29, 1.82) is 0 Å². The summed E-state index contributed by atoms with van der Waals surface area (Å²) in [4.78, 5) is 12.4. The minimum absolute atomic E-state index is 0.00304. The molecule has 1 heterocycles. The zero-order valence-corrected chi connectivity index (χ0v) is 21.4. The molecule has 1 amide bonds. The van der Waals surface area contributed by atoms with Gasteiger partial charge in [-0.2, -0.15) is 0 Å². The van der Waals surface area contributed by atoms with E-state index < -0.39 is 20.5 Å². The fourth-order valence-electron chi connectivity index (χ4n) is 4.55. The molecule has 3 aromatic carbocycles. The predicted octanol–water partition coefficient (Wildman–Crippen LogP) is 4.84. The van der Waals surface area contributed by atoms with Crippen molar-refractivity contribution in [1.82, 2.24) is 5.48 Å². The maximum Gasteiger partial charge on any atom is 0.265 e. The van der Waals surface area contributed by atoms with E-state index >= 15 is 0 Å². The minimum atomic E-state index is -4.06. The van der Waals surface area contributed by atoms with Crippen LogP contribution < -0.4 is 10.2 Å². The molecule has 1 saturated heterocycles. The Kier molecular flexibility index (Phi) is 8.43. The number of benzene rings is 3. The van der Waals surface area contributed by atoms with Gasteiger partial charge in [-0.3, -0.25) is 10.0 Å². The van der Waals surface area contributed by atoms with Crippen LogP contribution in [0.1, 0.15) is 30.4 Å². The lowest BCUT2D eigenvalue weighted by Crippen LogP contribution is -2.54. The van der Waals surface area contributed by atoms with E-state index in [0.29, 0.717) is 12.4 Å². The van der Waals surface area contributed by atoms with Crippen molar-refractivity contribution < 1.29 is 27.9 Å². The van der Waals surface area contributed by atoms with Crippen LogP contribution in [0, 0.1) is 0 Å². The summed E-state index contributed by atoms with van der Waals surface area (Å²) >= 11 is 0. The van der Waals surface area contributed by atoms with E-state index in [9.17, 15) is 18.4 Å². The van der Waals surface area contributed by atoms with Gasteiger partial charge in [-0.1, -0.05) is 61.2 Å². The average molecular weight is 522 g/mol. The molecule has 0 aliphatic carbocycles. The number of sulfone groups is 1. The first kappa shape index (κ1) is 26.6. The number of aryl methyl sites for hydroxylation is 1. The van der Waals surface area contributed by atoms with Crippen LogP contribution >= 0.6 is 0 Å². The summed E-state index contributed by atoms with van der Waals surface area (Å²) in [5.41, 5.74) is 6.12. The third-order valence-corrected chi connectivity index (χ3v) is 9.26. The highest BCUT2D eigenvalue weighted by Gasteiger charge is 2.52. The fourth-order valence-corrected chi connectivity index (χ4v) is 6.49. The number of rotatable bonds is 10. The number of nitrogens with one attached hydrogen (secondary N) is 1. The molecule has 0 atom stereocenters. The molecular formula is C29H31NO6S. The Morgan fingerprint density at radius 2 is 1.73 bits per heavy atom. The molecule has 8 heteroatoms. The zero-order valence-electron chi connectivity index (χ0n) is 20.6. The lowest BCUT2D eigenvalue weighted by molar-refractivity contribution is -0.134. The Bertz CT molecular complexity index is 1330. The summed E-state index contributed by atoms with van der Waals surface area (Å²) in [6.45, 7) is 4.51. The van der Waals surface area contributed by atoms with Gasteiger partial charge in [-0.15, -0.1) is 0 Å². The zero-order chi connectivity index (χ0) is 26.3. The van der Waals surface area contributed by atoms with Gasteiger partial charge in [0, 0.05) is 13.2 Å². The van der Waals surface area contributed by atoms with Crippen molar-refractivity contribution in [2.24, 2.45) is 0 Å². The molecule has 0 radical (unpaired) electrons. The highest BCUT2D eigenvalue weighted by Crippen LogP contribution is 2.35. The first-order valence-electron chi connectivity index (χ1n) is 12.2. The van der Waals surface area contributed by atoms with Gasteiger partial charge in [-0.05, 0) is 72.2 Å². The van der Waals surface area contributed by atoms with Crippen LogP contribution in [0.3, 0.4) is 0 Å². The highest BCUT2D eigenvalue weighted by molar-refractivity contribution is 7.93. The van der Waals surface area contributed by atoms with Crippen molar-refractivity contribution in [3.05, 3.63) is 90.5 Å². The van der Waals surface area contributed by atoms with Gasteiger partial charge >= 0.3 is 0 Å². The van der Waals surface area contributed by atoms with E-state index in [1.807, 2.05) is 24.3 Å². The van der Waals surface area contributed by atoms with E-state index in [0.717, 1.165) is 29.5 Å². The summed E-state index contributed by atoms with van der Waals surface area (Å²) < 4.78 is 36.0. The van der Waals surface area contributed by atoms with Crippen LogP contribution in [0.2, 0.25) is 0 Å². The van der Waals surface area contributed by atoms with E-state index in [4.69, 9.17) is 9.47 Å². The Balaban J connectivity index is 1.35. The summed E-state index contributed by atoms with van der Waals surface area (Å²) in [5.74, 6) is -0.392. The summed E-state index contributed by atoms with van der Waals surface area (Å²) in [5, 5.41) is 9.17. The van der Waals surface area contributed by atoms with Gasteiger partial charge in [0.05, 0.1) is 11.5 Å². The minimum Gasteiger partial charge on any atom is -0.494 e. The number of hydroxylamine groups is 1. The highest BCUT2D eigenvalue weighted by atomic mass is 32.2. The van der Waals surface area contributed by atoms with Crippen LogP contribution in [-0.2, 0) is 25.8 Å². The van der Waals surface area contributed by atoms with Gasteiger partial charge in [0.2, 0.25) is 0 Å². The van der Waals surface area contributed by atoms with Gasteiger partial charge in [0.15, 0.2) is 14.6 Å². The Morgan fingerprint density at radius 3 is 2.38 bits per heavy atom. The topological polar surface area (TPSA) is 102 Å². The quantitative estimate of drug-likeness (QED) is 0.225. The average Bonchev–Trinajstić information content (AvgIpc) is 2.95. The molecule has 3 aromatic rings. The van der Waals surface area contributed by atoms with E-state index in [-0.39, 0.29) is 31.0 Å². The SMILES string of the molecule is C=Cc1ccc(-c2cccc(CCCOc3ccc(S(=O)(=O)C4(C(=O)NO)CCOCC4)cc3)c2)cc1. The van der Waals surface area contributed by atoms with Gasteiger partial charge in [0.1, 0.15) is 5.75 Å². The molecule has 194 valence electrons. The monoisotopic (exact) mass is 521 g/mol. The molecule has 37 heavy (non-hydrogen) atoms. The van der Waals surface area contributed by atoms with Crippen molar-refractivity contribution in [3.8, 4) is 16.9 Å². The van der Waals surface area contributed by atoms with Crippen molar-refractivity contribution in [2.45, 2.75) is 35.3 Å². The maximum atomic E-state index is 13.3. The van der Waals surface area contributed by atoms with Crippen molar-refractivity contribution >= 4 is 21.8 Å². The molecule has 1 aliphatic rings. The lowest BCUT2D eigenvalue weighted by atomic mass is 9.98. The second-order valence-electron chi connectivity index (χ2n) is 9.00. The molecule has 7 nitrogen and oxygen atoms in total. The van der Waals surface area contributed by atoms with Crippen LogP contribution in [0.15, 0.2) is 84.3 Å². The number of carbonyl (C=O) groups is 1. The van der Waals surface area contributed by atoms with Gasteiger partial charge < -0.3 is 9.47 Å². The predicted molar refractivity (Wildman–Crippen MR) is 142 cm³/mol. The Morgan fingerprint density at radius 1 is 1.03 bits per heavy atom. The molecule has 1 fully saturated rings. The van der Waals surface area contributed by atoms with Crippen LogP contribution in [0.5, 0.6) is 5.75 Å². The van der Waals surface area contributed by atoms with E-state index in [1.54, 1.807) is 12.1 Å². The summed E-state index contributed by atoms with van der Waals surface area (Å²) in [6.07, 6.45) is 3.40.